The third kappa shape index (κ3) is 1.69. The predicted octanol–water partition coefficient (Wildman–Crippen LogP) is 1.15. The van der Waals surface area contributed by atoms with E-state index >= 15 is 0 Å². The topological polar surface area (TPSA) is 65.0 Å². The van der Waals surface area contributed by atoms with Crippen LogP contribution >= 0.6 is 7.75 Å². The third-order valence-corrected chi connectivity index (χ3v) is 1.68. The molecule has 0 N–H and O–H groups in total. The van der Waals surface area contributed by atoms with E-state index in [1.165, 1.54) is 0 Å². The average molecular weight is 139 g/mol. The maximum atomic E-state index is 10.4. The zero-order valence-electron chi connectivity index (χ0n) is 4.53. The molecule has 0 fully saturated rings. The van der Waals surface area contributed by atoms with Crippen molar-refractivity contribution < 1.29 is 13.6 Å². The molecule has 0 spiro atoms. The second-order valence-electron chi connectivity index (χ2n) is 0.915. The molecule has 0 saturated heterocycles. The summed E-state index contributed by atoms with van der Waals surface area (Å²) in [7, 11) is -1.41. The van der Waals surface area contributed by atoms with Gasteiger partial charge in [0.05, 0.1) is 0 Å². The number of nitroso groups, excluding NO2 is 1. The van der Waals surface area contributed by atoms with E-state index in [-0.39, 0.29) is 0 Å². The van der Waals surface area contributed by atoms with Gasteiger partial charge in [-0.05, 0) is 0 Å². The van der Waals surface area contributed by atoms with Crippen LogP contribution in [0.3, 0.4) is 0 Å². The summed E-state index contributed by atoms with van der Waals surface area (Å²) in [4.78, 5) is 11.6. The van der Waals surface area contributed by atoms with Crippen LogP contribution in [0.25, 0.3) is 0 Å². The van der Waals surface area contributed by atoms with Crippen molar-refractivity contribution in [3.63, 3.8) is 0 Å². The predicted molar refractivity (Wildman–Crippen MR) is 27.4 cm³/mol. The Kier molecular flexibility index (Phi) is 2.82. The number of hydrogen-bond acceptors (Lipinski definition) is 4. The van der Waals surface area contributed by atoms with Gasteiger partial charge in [0.1, 0.15) is 0 Å². The quantitative estimate of drug-likeness (QED) is 0.434. The third-order valence-electron chi connectivity index (χ3n) is 0.561. The van der Waals surface area contributed by atoms with Crippen LogP contribution in [0.2, 0.25) is 0 Å². The van der Waals surface area contributed by atoms with Gasteiger partial charge in [-0.1, -0.05) is 0 Å². The summed E-state index contributed by atoms with van der Waals surface area (Å²) >= 11 is 0. The molecule has 0 radical (unpaired) electrons. The van der Waals surface area contributed by atoms with Crippen molar-refractivity contribution in [1.82, 2.24) is 0 Å². The summed E-state index contributed by atoms with van der Waals surface area (Å²) < 4.78 is 18.6. The molecule has 5 nitrogen and oxygen atoms in total. The van der Waals surface area contributed by atoms with Crippen LogP contribution in [0.4, 0.5) is 0 Å². The highest BCUT2D eigenvalue weighted by atomic mass is 31.2. The summed E-state index contributed by atoms with van der Waals surface area (Å²) in [5.74, 6) is 0. The van der Waals surface area contributed by atoms with Gasteiger partial charge in [0, 0.05) is 19.2 Å². The molecule has 0 atom stereocenters. The molecule has 0 aromatic heterocycles. The lowest BCUT2D eigenvalue weighted by Gasteiger charge is -2.00. The van der Waals surface area contributed by atoms with Gasteiger partial charge in [0.2, 0.25) is 0 Å². The van der Waals surface area contributed by atoms with Crippen molar-refractivity contribution in [2.75, 3.05) is 14.2 Å². The van der Waals surface area contributed by atoms with Crippen LogP contribution in [0.1, 0.15) is 0 Å². The summed E-state index contributed by atoms with van der Waals surface area (Å²) in [6.07, 6.45) is 0. The molecular weight excluding hydrogens is 133 g/mol. The van der Waals surface area contributed by atoms with Gasteiger partial charge < -0.3 is 0 Å². The Labute approximate surface area is 46.5 Å². The molecule has 0 bridgehead atoms. The van der Waals surface area contributed by atoms with Crippen LogP contribution in [0, 0.1) is 4.91 Å². The first-order chi connectivity index (χ1) is 3.68. The summed E-state index contributed by atoms with van der Waals surface area (Å²) in [6, 6.07) is 0. The number of hydrogen-bond donors (Lipinski definition) is 0. The molecule has 0 aromatic rings. The highest BCUT2D eigenvalue weighted by Gasteiger charge is 2.20. The highest BCUT2D eigenvalue weighted by molar-refractivity contribution is 7.52. The van der Waals surface area contributed by atoms with Crippen molar-refractivity contribution in [2.24, 2.45) is 4.95 Å². The standard InChI is InChI=1S/C2H6NO4P/c1-6-8(5,3-4)7-2/h1-2H3. The van der Waals surface area contributed by atoms with E-state index in [0.29, 0.717) is 0 Å². The summed E-state index contributed by atoms with van der Waals surface area (Å²) in [5.41, 5.74) is 0. The first kappa shape index (κ1) is 7.75. The molecule has 0 saturated carbocycles. The second kappa shape index (κ2) is 2.91. The largest absolute Gasteiger partial charge is 0.489 e. The van der Waals surface area contributed by atoms with Gasteiger partial charge in [0.15, 0.2) is 0 Å². The number of rotatable bonds is 3. The molecular formula is C2H6NO4P. The van der Waals surface area contributed by atoms with Gasteiger partial charge in [0.25, 0.3) is 0 Å². The first-order valence-corrected chi connectivity index (χ1v) is 3.24. The first-order valence-electron chi connectivity index (χ1n) is 1.75. The van der Waals surface area contributed by atoms with E-state index in [1.54, 1.807) is 0 Å². The maximum absolute atomic E-state index is 10.4. The van der Waals surface area contributed by atoms with Crippen LogP contribution in [-0.4, -0.2) is 14.2 Å². The Balaban J connectivity index is 3.99. The van der Waals surface area contributed by atoms with E-state index in [2.05, 4.69) is 14.0 Å². The van der Waals surface area contributed by atoms with Crippen molar-refractivity contribution in [1.29, 1.82) is 0 Å². The minimum Gasteiger partial charge on any atom is -0.292 e. The summed E-state index contributed by atoms with van der Waals surface area (Å²) in [5, 5.41) is 0. The summed E-state index contributed by atoms with van der Waals surface area (Å²) in [6.45, 7) is 0. The van der Waals surface area contributed by atoms with Gasteiger partial charge in [-0.15, -0.1) is 4.91 Å². The zero-order chi connectivity index (χ0) is 6.62. The Morgan fingerprint density at radius 2 is 1.75 bits per heavy atom. The zero-order valence-corrected chi connectivity index (χ0v) is 5.42. The Hall–Kier alpha value is -0.250. The molecule has 0 rings (SSSR count). The Morgan fingerprint density at radius 1 is 1.38 bits per heavy atom. The van der Waals surface area contributed by atoms with Crippen LogP contribution in [0.15, 0.2) is 4.95 Å². The fourth-order valence-corrected chi connectivity index (χ4v) is 0.424. The average Bonchev–Trinajstić information content (AvgIpc) is 1.87. The second-order valence-corrected chi connectivity index (χ2v) is 2.75. The molecule has 8 heavy (non-hydrogen) atoms. The fraction of sp³-hybridized carbons (Fsp3) is 1.00. The van der Waals surface area contributed by atoms with E-state index in [9.17, 15) is 9.47 Å². The van der Waals surface area contributed by atoms with E-state index in [1.807, 2.05) is 0 Å². The molecule has 0 amide bonds. The molecule has 0 heterocycles. The van der Waals surface area contributed by atoms with Gasteiger partial charge in [-0.2, -0.15) is 0 Å². The molecule has 6 heteroatoms. The minimum atomic E-state index is -3.59. The van der Waals surface area contributed by atoms with Crippen LogP contribution in [0.5, 0.6) is 0 Å². The Bertz CT molecular complexity index is 115. The van der Waals surface area contributed by atoms with Crippen molar-refractivity contribution in [3.05, 3.63) is 4.91 Å². The molecule has 48 valence electrons. The van der Waals surface area contributed by atoms with Gasteiger partial charge >= 0.3 is 7.75 Å². The normalized spacial score (nSPS) is 11.2. The molecule has 0 aliphatic heterocycles. The lowest BCUT2D eigenvalue weighted by atomic mass is 11.8. The molecule has 0 unspecified atom stereocenters. The van der Waals surface area contributed by atoms with Crippen molar-refractivity contribution in [2.45, 2.75) is 0 Å². The fourth-order valence-electron chi connectivity index (χ4n) is 0.141. The van der Waals surface area contributed by atoms with Crippen molar-refractivity contribution >= 4 is 7.75 Å². The SMILES string of the molecule is COP(=O)(N=O)OC. The maximum Gasteiger partial charge on any atom is 0.489 e. The van der Waals surface area contributed by atoms with Crippen LogP contribution < -0.4 is 0 Å². The Morgan fingerprint density at radius 3 is 1.75 bits per heavy atom. The monoisotopic (exact) mass is 139 g/mol. The van der Waals surface area contributed by atoms with Gasteiger partial charge in [-0.25, -0.2) is 4.57 Å². The van der Waals surface area contributed by atoms with E-state index < -0.39 is 7.75 Å². The lowest BCUT2D eigenvalue weighted by molar-refractivity contribution is 0.277. The van der Waals surface area contributed by atoms with E-state index in [0.717, 1.165) is 14.2 Å². The smallest absolute Gasteiger partial charge is 0.292 e. The lowest BCUT2D eigenvalue weighted by Crippen LogP contribution is -1.81. The molecule has 0 aliphatic rings. The van der Waals surface area contributed by atoms with Gasteiger partial charge in [-0.3, -0.25) is 9.05 Å². The molecule has 0 aliphatic carbocycles. The van der Waals surface area contributed by atoms with Crippen LogP contribution in [-0.2, 0) is 13.6 Å². The minimum absolute atomic E-state index is 1.09. The van der Waals surface area contributed by atoms with Crippen molar-refractivity contribution in [3.8, 4) is 0 Å². The van der Waals surface area contributed by atoms with E-state index in [4.69, 9.17) is 0 Å². The number of nitrogens with zero attached hydrogens (tertiary/aromatic N) is 1. The highest BCUT2D eigenvalue weighted by Crippen LogP contribution is 2.47. The molecule has 0 aromatic carbocycles.